The van der Waals surface area contributed by atoms with E-state index in [0.717, 1.165) is 24.8 Å². The Kier molecular flexibility index (Phi) is 4.80. The third kappa shape index (κ3) is 4.91. The molecule has 0 aromatic heterocycles. The number of ether oxygens (including phenoxy) is 1. The van der Waals surface area contributed by atoms with Crippen molar-refractivity contribution in [1.82, 2.24) is 10.2 Å². The van der Waals surface area contributed by atoms with Gasteiger partial charge in [-0.15, -0.1) is 0 Å². The number of benzene rings is 1. The number of hydrogen-bond acceptors (Lipinski definition) is 3. The number of nitrogens with one attached hydrogen (secondary N) is 1. The molecule has 1 fully saturated rings. The van der Waals surface area contributed by atoms with Gasteiger partial charge in [0.15, 0.2) is 0 Å². The predicted molar refractivity (Wildman–Crippen MR) is 75.1 cm³/mol. The van der Waals surface area contributed by atoms with Gasteiger partial charge in [0.25, 0.3) is 0 Å². The number of methoxy groups -OCH3 is 1. The summed E-state index contributed by atoms with van der Waals surface area (Å²) >= 11 is 0. The van der Waals surface area contributed by atoms with Crippen LogP contribution in [0.4, 0.5) is 0 Å². The van der Waals surface area contributed by atoms with E-state index in [1.54, 1.807) is 7.11 Å². The maximum atomic E-state index is 11.7. The van der Waals surface area contributed by atoms with Gasteiger partial charge in [-0.05, 0) is 43.5 Å². The minimum Gasteiger partial charge on any atom is -0.497 e. The monoisotopic (exact) mass is 262 g/mol. The highest BCUT2D eigenvalue weighted by Crippen LogP contribution is 2.27. The Morgan fingerprint density at radius 3 is 2.63 bits per heavy atom. The molecule has 0 atom stereocenters. The third-order valence-electron chi connectivity index (χ3n) is 3.31. The highest BCUT2D eigenvalue weighted by atomic mass is 16.5. The average molecular weight is 262 g/mol. The minimum absolute atomic E-state index is 0.114. The van der Waals surface area contributed by atoms with Crippen molar-refractivity contribution in [2.45, 2.75) is 19.4 Å². The first kappa shape index (κ1) is 13.9. The minimum atomic E-state index is 0.114. The van der Waals surface area contributed by atoms with Crippen LogP contribution in [0.3, 0.4) is 0 Å². The van der Waals surface area contributed by atoms with Crippen LogP contribution in [0.15, 0.2) is 24.3 Å². The largest absolute Gasteiger partial charge is 0.497 e. The van der Waals surface area contributed by atoms with Crippen LogP contribution in [0.25, 0.3) is 0 Å². The SMILES string of the molecule is COc1ccc(CN(C)CC(=O)NCC2CC2)cc1. The molecule has 1 saturated carbocycles. The Labute approximate surface area is 114 Å². The molecule has 4 nitrogen and oxygen atoms in total. The van der Waals surface area contributed by atoms with Crippen molar-refractivity contribution in [3.63, 3.8) is 0 Å². The van der Waals surface area contributed by atoms with Crippen LogP contribution < -0.4 is 10.1 Å². The summed E-state index contributed by atoms with van der Waals surface area (Å²) in [4.78, 5) is 13.7. The molecule has 2 rings (SSSR count). The zero-order chi connectivity index (χ0) is 13.7. The van der Waals surface area contributed by atoms with Gasteiger partial charge in [0, 0.05) is 13.1 Å². The fourth-order valence-electron chi connectivity index (χ4n) is 1.98. The lowest BCUT2D eigenvalue weighted by Gasteiger charge is -2.16. The zero-order valence-corrected chi connectivity index (χ0v) is 11.7. The molecule has 0 heterocycles. The summed E-state index contributed by atoms with van der Waals surface area (Å²) in [6.07, 6.45) is 2.53. The van der Waals surface area contributed by atoms with E-state index in [2.05, 4.69) is 5.32 Å². The third-order valence-corrected chi connectivity index (χ3v) is 3.31. The van der Waals surface area contributed by atoms with Crippen molar-refractivity contribution in [2.24, 2.45) is 5.92 Å². The molecule has 1 aromatic rings. The second-order valence-electron chi connectivity index (χ2n) is 5.27. The highest BCUT2D eigenvalue weighted by Gasteiger charge is 2.21. The van der Waals surface area contributed by atoms with Gasteiger partial charge in [-0.25, -0.2) is 0 Å². The molecule has 1 amide bonds. The Bertz CT molecular complexity index is 413. The molecule has 4 heteroatoms. The zero-order valence-electron chi connectivity index (χ0n) is 11.7. The van der Waals surface area contributed by atoms with E-state index < -0.39 is 0 Å². The van der Waals surface area contributed by atoms with Gasteiger partial charge in [0.05, 0.1) is 13.7 Å². The molecule has 0 radical (unpaired) electrons. The first-order chi connectivity index (χ1) is 9.17. The second-order valence-corrected chi connectivity index (χ2v) is 5.27. The molecular weight excluding hydrogens is 240 g/mol. The summed E-state index contributed by atoms with van der Waals surface area (Å²) < 4.78 is 5.12. The van der Waals surface area contributed by atoms with Gasteiger partial charge in [-0.1, -0.05) is 12.1 Å². The lowest BCUT2D eigenvalue weighted by atomic mass is 10.2. The Balaban J connectivity index is 1.72. The van der Waals surface area contributed by atoms with Gasteiger partial charge < -0.3 is 10.1 Å². The lowest BCUT2D eigenvalue weighted by Crippen LogP contribution is -2.35. The van der Waals surface area contributed by atoms with Crippen LogP contribution in [0.5, 0.6) is 5.75 Å². The van der Waals surface area contributed by atoms with Crippen molar-refractivity contribution in [2.75, 3.05) is 27.2 Å². The topological polar surface area (TPSA) is 41.6 Å². The smallest absolute Gasteiger partial charge is 0.234 e. The van der Waals surface area contributed by atoms with E-state index in [0.29, 0.717) is 6.54 Å². The first-order valence-corrected chi connectivity index (χ1v) is 6.75. The number of carbonyl (C=O) groups excluding carboxylic acids is 1. The van der Waals surface area contributed by atoms with Gasteiger partial charge in [0.1, 0.15) is 5.75 Å². The Morgan fingerprint density at radius 2 is 2.05 bits per heavy atom. The van der Waals surface area contributed by atoms with E-state index in [1.807, 2.05) is 36.2 Å². The van der Waals surface area contributed by atoms with E-state index in [-0.39, 0.29) is 5.91 Å². The number of carbonyl (C=O) groups is 1. The summed E-state index contributed by atoms with van der Waals surface area (Å²) in [6.45, 7) is 2.05. The van der Waals surface area contributed by atoms with Crippen LogP contribution in [0.1, 0.15) is 18.4 Å². The van der Waals surface area contributed by atoms with Gasteiger partial charge >= 0.3 is 0 Å². The van der Waals surface area contributed by atoms with Gasteiger partial charge in [-0.2, -0.15) is 0 Å². The van der Waals surface area contributed by atoms with E-state index >= 15 is 0 Å². The molecule has 0 bridgehead atoms. The lowest BCUT2D eigenvalue weighted by molar-refractivity contribution is -0.122. The van der Waals surface area contributed by atoms with Crippen molar-refractivity contribution in [3.8, 4) is 5.75 Å². The van der Waals surface area contributed by atoms with Crippen LogP contribution in [-0.2, 0) is 11.3 Å². The van der Waals surface area contributed by atoms with Crippen molar-refractivity contribution in [3.05, 3.63) is 29.8 Å². The molecule has 0 spiro atoms. The predicted octanol–water partition coefficient (Wildman–Crippen LogP) is 1.65. The molecule has 104 valence electrons. The van der Waals surface area contributed by atoms with E-state index in [4.69, 9.17) is 4.74 Å². The Morgan fingerprint density at radius 1 is 1.37 bits per heavy atom. The van der Waals surface area contributed by atoms with Crippen molar-refractivity contribution in [1.29, 1.82) is 0 Å². The van der Waals surface area contributed by atoms with Crippen molar-refractivity contribution < 1.29 is 9.53 Å². The maximum absolute atomic E-state index is 11.7. The maximum Gasteiger partial charge on any atom is 0.234 e. The fourth-order valence-corrected chi connectivity index (χ4v) is 1.98. The quantitative estimate of drug-likeness (QED) is 0.812. The van der Waals surface area contributed by atoms with Crippen LogP contribution in [-0.4, -0.2) is 38.1 Å². The summed E-state index contributed by atoms with van der Waals surface area (Å²) in [5, 5.41) is 2.98. The fraction of sp³-hybridized carbons (Fsp3) is 0.533. The highest BCUT2D eigenvalue weighted by molar-refractivity contribution is 5.78. The standard InChI is InChI=1S/C15H22N2O2/c1-17(11-15(18)16-9-12-3-4-12)10-13-5-7-14(19-2)8-6-13/h5-8,12H,3-4,9-11H2,1-2H3,(H,16,18). The Hall–Kier alpha value is -1.55. The van der Waals surface area contributed by atoms with Crippen LogP contribution in [0.2, 0.25) is 0 Å². The molecule has 1 aliphatic rings. The molecule has 1 aliphatic carbocycles. The summed E-state index contributed by atoms with van der Waals surface area (Å²) in [5.74, 6) is 1.70. The molecular formula is C15H22N2O2. The van der Waals surface area contributed by atoms with Gasteiger partial charge in [-0.3, -0.25) is 9.69 Å². The summed E-state index contributed by atoms with van der Waals surface area (Å²) in [6, 6.07) is 7.93. The number of rotatable bonds is 7. The number of likely N-dealkylation sites (N-methyl/N-ethyl adjacent to an activating group) is 1. The molecule has 1 aromatic carbocycles. The molecule has 19 heavy (non-hydrogen) atoms. The van der Waals surface area contributed by atoms with Gasteiger partial charge in [0.2, 0.25) is 5.91 Å². The number of nitrogens with zero attached hydrogens (tertiary/aromatic N) is 1. The first-order valence-electron chi connectivity index (χ1n) is 6.75. The number of hydrogen-bond donors (Lipinski definition) is 1. The molecule has 1 N–H and O–H groups in total. The molecule has 0 saturated heterocycles. The normalized spacial score (nSPS) is 14.5. The second kappa shape index (κ2) is 6.57. The average Bonchev–Trinajstić information content (AvgIpc) is 3.21. The molecule has 0 unspecified atom stereocenters. The number of amides is 1. The van der Waals surface area contributed by atoms with E-state index in [9.17, 15) is 4.79 Å². The van der Waals surface area contributed by atoms with Crippen molar-refractivity contribution >= 4 is 5.91 Å². The van der Waals surface area contributed by atoms with Crippen LogP contribution >= 0.6 is 0 Å². The molecule has 0 aliphatic heterocycles. The summed E-state index contributed by atoms with van der Waals surface area (Å²) in [5.41, 5.74) is 1.18. The summed E-state index contributed by atoms with van der Waals surface area (Å²) in [7, 11) is 3.62. The van der Waals surface area contributed by atoms with E-state index in [1.165, 1.54) is 18.4 Å². The van der Waals surface area contributed by atoms with Crippen LogP contribution in [0, 0.1) is 5.92 Å².